The molecule has 2 atom stereocenters. The lowest BCUT2D eigenvalue weighted by Gasteiger charge is -2.12. The van der Waals surface area contributed by atoms with Gasteiger partial charge < -0.3 is 5.32 Å². The van der Waals surface area contributed by atoms with Crippen LogP contribution in [0, 0.1) is 35.9 Å². The molecule has 3 aromatic rings. The molecular weight excluding hydrogens is 367 g/mol. The number of fused-ring (bicyclic) bond motifs is 1. The zero-order chi connectivity index (χ0) is 19.1. The maximum Gasteiger partial charge on any atom is 0.230 e. The van der Waals surface area contributed by atoms with Crippen molar-refractivity contribution in [3.8, 4) is 17.2 Å². The molecule has 1 aromatic carbocycles. The number of rotatable bonds is 3. The van der Waals surface area contributed by atoms with Gasteiger partial charge in [-0.25, -0.2) is 9.37 Å². The molecule has 7 heteroatoms. The number of aryl methyl sites for hydroxylation is 1. The van der Waals surface area contributed by atoms with E-state index in [1.54, 1.807) is 30.6 Å². The molecule has 27 heavy (non-hydrogen) atoms. The summed E-state index contributed by atoms with van der Waals surface area (Å²) < 4.78 is 14.8. The van der Waals surface area contributed by atoms with Gasteiger partial charge in [0, 0.05) is 35.1 Å². The molecule has 1 saturated carbocycles. The monoisotopic (exact) mass is 380 g/mol. The molecule has 2 aromatic heterocycles. The number of halogens is 2. The van der Waals surface area contributed by atoms with Crippen LogP contribution in [0.15, 0.2) is 36.8 Å². The first-order valence-electron chi connectivity index (χ1n) is 8.39. The Hall–Kier alpha value is -3.04. The highest BCUT2D eigenvalue weighted by atomic mass is 35.5. The van der Waals surface area contributed by atoms with E-state index in [1.807, 2.05) is 6.92 Å². The minimum Gasteiger partial charge on any atom is -0.310 e. The lowest BCUT2D eigenvalue weighted by Crippen LogP contribution is -2.15. The average molecular weight is 381 g/mol. The first-order chi connectivity index (χ1) is 13.0. The Kier molecular flexibility index (Phi) is 4.25. The van der Waals surface area contributed by atoms with Gasteiger partial charge in [-0.3, -0.25) is 9.78 Å². The summed E-state index contributed by atoms with van der Waals surface area (Å²) in [4.78, 5) is 20.4. The highest BCUT2D eigenvalue weighted by Gasteiger charge is 2.43. The fourth-order valence-electron chi connectivity index (χ4n) is 3.09. The largest absolute Gasteiger partial charge is 0.310 e. The highest BCUT2D eigenvalue weighted by molar-refractivity contribution is 6.36. The second kappa shape index (κ2) is 6.60. The molecule has 1 N–H and O–H groups in total. The van der Waals surface area contributed by atoms with Crippen LogP contribution in [0.1, 0.15) is 12.0 Å². The number of amides is 1. The number of pyridine rings is 2. The van der Waals surface area contributed by atoms with Crippen LogP contribution in [-0.4, -0.2) is 15.9 Å². The second-order valence-electron chi connectivity index (χ2n) is 6.60. The zero-order valence-corrected chi connectivity index (χ0v) is 15.1. The molecule has 1 amide bonds. The molecule has 4 rings (SSSR count). The summed E-state index contributed by atoms with van der Waals surface area (Å²) in [6.07, 6.45) is 5.24. The van der Waals surface area contributed by atoms with Gasteiger partial charge in [-0.2, -0.15) is 5.26 Å². The SMILES string of the molecule is Cc1ccncc1-c1cc2cc(NC(=O)C3CC3C#N)ncc2c(Cl)c1F. The summed E-state index contributed by atoms with van der Waals surface area (Å²) in [5.74, 6) is -0.946. The lowest BCUT2D eigenvalue weighted by molar-refractivity contribution is -0.117. The van der Waals surface area contributed by atoms with Gasteiger partial charge in [0.1, 0.15) is 11.6 Å². The number of nitrogens with one attached hydrogen (secondary N) is 1. The number of benzene rings is 1. The van der Waals surface area contributed by atoms with E-state index in [9.17, 15) is 9.18 Å². The van der Waals surface area contributed by atoms with Crippen LogP contribution in [0.2, 0.25) is 5.02 Å². The van der Waals surface area contributed by atoms with Crippen LogP contribution in [0.25, 0.3) is 21.9 Å². The summed E-state index contributed by atoms with van der Waals surface area (Å²) in [5, 5.41) is 12.6. The minimum atomic E-state index is -0.534. The molecule has 134 valence electrons. The van der Waals surface area contributed by atoms with Gasteiger partial charge in [-0.05, 0) is 42.5 Å². The number of carbonyl (C=O) groups is 1. The number of anilines is 1. The van der Waals surface area contributed by atoms with Gasteiger partial charge in [0.2, 0.25) is 5.91 Å². The summed E-state index contributed by atoms with van der Waals surface area (Å²) in [6, 6.07) is 7.21. The number of nitrogens with zero attached hydrogens (tertiary/aromatic N) is 3. The van der Waals surface area contributed by atoms with Crippen molar-refractivity contribution in [1.29, 1.82) is 5.26 Å². The average Bonchev–Trinajstić information content (AvgIpc) is 3.45. The van der Waals surface area contributed by atoms with Crippen LogP contribution in [0.5, 0.6) is 0 Å². The molecule has 1 aliphatic carbocycles. The smallest absolute Gasteiger partial charge is 0.230 e. The van der Waals surface area contributed by atoms with Crippen molar-refractivity contribution in [3.05, 3.63) is 53.2 Å². The molecule has 0 saturated heterocycles. The van der Waals surface area contributed by atoms with Gasteiger partial charge >= 0.3 is 0 Å². The summed E-state index contributed by atoms with van der Waals surface area (Å²) in [6.45, 7) is 1.87. The third-order valence-corrected chi connectivity index (χ3v) is 5.14. The summed E-state index contributed by atoms with van der Waals surface area (Å²) in [5.41, 5.74) is 1.86. The molecule has 5 nitrogen and oxygen atoms in total. The Bertz CT molecular complexity index is 1120. The summed E-state index contributed by atoms with van der Waals surface area (Å²) >= 11 is 6.23. The van der Waals surface area contributed by atoms with Crippen molar-refractivity contribution in [2.24, 2.45) is 11.8 Å². The van der Waals surface area contributed by atoms with Crippen molar-refractivity contribution in [2.75, 3.05) is 5.32 Å². The highest BCUT2D eigenvalue weighted by Crippen LogP contribution is 2.39. The predicted octanol–water partition coefficient (Wildman–Crippen LogP) is 4.50. The second-order valence-corrected chi connectivity index (χ2v) is 6.98. The standard InChI is InChI=1S/C20H14ClFN4O/c1-10-2-3-24-8-15(10)14-4-11-6-17(25-9-16(11)18(21)19(14)22)26-20(27)13-5-12(13)7-23/h2-4,6,8-9,12-13H,5H2,1H3,(H,25,26,27). The molecule has 0 bridgehead atoms. The van der Waals surface area contributed by atoms with Crippen LogP contribution in [0.3, 0.4) is 0 Å². The molecule has 1 aliphatic rings. The van der Waals surface area contributed by atoms with Gasteiger partial charge in [-0.15, -0.1) is 0 Å². The Balaban J connectivity index is 1.75. The molecule has 2 heterocycles. The predicted molar refractivity (Wildman–Crippen MR) is 101 cm³/mol. The number of nitriles is 1. The van der Waals surface area contributed by atoms with Crippen molar-refractivity contribution in [1.82, 2.24) is 9.97 Å². The third kappa shape index (κ3) is 3.11. The van der Waals surface area contributed by atoms with Crippen LogP contribution in [-0.2, 0) is 4.79 Å². The zero-order valence-electron chi connectivity index (χ0n) is 14.3. The molecule has 0 aliphatic heterocycles. The molecule has 0 spiro atoms. The fraction of sp³-hybridized carbons (Fsp3) is 0.200. The Morgan fingerprint density at radius 2 is 2.19 bits per heavy atom. The quantitative estimate of drug-likeness (QED) is 0.725. The molecule has 2 unspecified atom stereocenters. The van der Waals surface area contributed by atoms with Gasteiger partial charge in [-0.1, -0.05) is 11.6 Å². The maximum absolute atomic E-state index is 14.8. The first-order valence-corrected chi connectivity index (χ1v) is 8.76. The summed E-state index contributed by atoms with van der Waals surface area (Å²) in [7, 11) is 0. The van der Waals surface area contributed by atoms with E-state index in [0.29, 0.717) is 34.1 Å². The number of hydrogen-bond acceptors (Lipinski definition) is 4. The van der Waals surface area contributed by atoms with Crippen LogP contribution >= 0.6 is 11.6 Å². The fourth-order valence-corrected chi connectivity index (χ4v) is 3.35. The van der Waals surface area contributed by atoms with Crippen molar-refractivity contribution >= 4 is 34.1 Å². The van der Waals surface area contributed by atoms with Crippen molar-refractivity contribution in [2.45, 2.75) is 13.3 Å². The van der Waals surface area contributed by atoms with E-state index in [4.69, 9.17) is 16.9 Å². The number of aromatic nitrogens is 2. The number of hydrogen-bond donors (Lipinski definition) is 1. The molecule has 0 radical (unpaired) electrons. The molecule has 1 fully saturated rings. The molecular formula is C20H14ClFN4O. The lowest BCUT2D eigenvalue weighted by atomic mass is 9.99. The maximum atomic E-state index is 14.8. The van der Waals surface area contributed by atoms with Crippen molar-refractivity contribution < 1.29 is 9.18 Å². The van der Waals surface area contributed by atoms with E-state index in [2.05, 4.69) is 21.4 Å². The van der Waals surface area contributed by atoms with E-state index in [-0.39, 0.29) is 22.8 Å². The van der Waals surface area contributed by atoms with Gasteiger partial charge in [0.05, 0.1) is 22.9 Å². The Labute approximate surface area is 159 Å². The van der Waals surface area contributed by atoms with Gasteiger partial charge in [0.25, 0.3) is 0 Å². The normalized spacial score (nSPS) is 18.1. The van der Waals surface area contributed by atoms with E-state index in [0.717, 1.165) is 5.56 Å². The van der Waals surface area contributed by atoms with Crippen LogP contribution < -0.4 is 5.32 Å². The van der Waals surface area contributed by atoms with Crippen LogP contribution in [0.4, 0.5) is 10.2 Å². The number of carbonyl (C=O) groups excluding carboxylic acids is 1. The van der Waals surface area contributed by atoms with E-state index in [1.165, 1.54) is 6.20 Å². The van der Waals surface area contributed by atoms with Crippen molar-refractivity contribution in [3.63, 3.8) is 0 Å². The van der Waals surface area contributed by atoms with Gasteiger partial charge in [0.15, 0.2) is 0 Å². The Morgan fingerprint density at radius 1 is 1.37 bits per heavy atom. The Morgan fingerprint density at radius 3 is 2.89 bits per heavy atom. The van der Waals surface area contributed by atoms with E-state index < -0.39 is 5.82 Å². The minimum absolute atomic E-state index is 0.0251. The third-order valence-electron chi connectivity index (χ3n) is 4.77. The van der Waals surface area contributed by atoms with E-state index >= 15 is 0 Å². The first kappa shape index (κ1) is 17.4. The topological polar surface area (TPSA) is 78.7 Å².